The lowest BCUT2D eigenvalue weighted by molar-refractivity contribution is 0.0972. The first-order chi connectivity index (χ1) is 11.0. The molecular formula is C16H20BN3O3. The highest BCUT2D eigenvalue weighted by atomic mass is 16.4. The SMILES string of the molecule is CC(C)C[C@@H](B(O)O)N(C(=O)c1cnccn1)c1ccccc1. The van der Waals surface area contributed by atoms with E-state index in [1.54, 1.807) is 24.3 Å². The zero-order valence-electron chi connectivity index (χ0n) is 13.2. The molecule has 0 fully saturated rings. The first-order valence-electron chi connectivity index (χ1n) is 7.51. The van der Waals surface area contributed by atoms with Gasteiger partial charge in [0.15, 0.2) is 0 Å². The first kappa shape index (κ1) is 17.1. The van der Waals surface area contributed by atoms with E-state index in [1.807, 2.05) is 19.9 Å². The molecule has 0 bridgehead atoms. The maximum atomic E-state index is 12.9. The van der Waals surface area contributed by atoms with E-state index in [0.29, 0.717) is 12.1 Å². The molecule has 1 heterocycles. The molecule has 23 heavy (non-hydrogen) atoms. The molecule has 6 nitrogen and oxygen atoms in total. The number of hydrogen-bond donors (Lipinski definition) is 2. The highest BCUT2D eigenvalue weighted by Crippen LogP contribution is 2.23. The molecule has 0 unspecified atom stereocenters. The normalized spacial score (nSPS) is 12.0. The molecule has 0 spiro atoms. The second-order valence-electron chi connectivity index (χ2n) is 5.71. The number of rotatable bonds is 6. The summed E-state index contributed by atoms with van der Waals surface area (Å²) < 4.78 is 0. The van der Waals surface area contributed by atoms with Gasteiger partial charge in [0.05, 0.1) is 12.1 Å². The molecule has 2 aromatic rings. The Hall–Kier alpha value is -2.25. The fourth-order valence-corrected chi connectivity index (χ4v) is 2.42. The van der Waals surface area contributed by atoms with Crippen molar-refractivity contribution in [2.75, 3.05) is 4.90 Å². The van der Waals surface area contributed by atoms with Gasteiger partial charge in [0.25, 0.3) is 5.91 Å². The van der Waals surface area contributed by atoms with E-state index in [9.17, 15) is 14.8 Å². The fourth-order valence-electron chi connectivity index (χ4n) is 2.42. The van der Waals surface area contributed by atoms with Crippen LogP contribution >= 0.6 is 0 Å². The maximum absolute atomic E-state index is 12.9. The van der Waals surface area contributed by atoms with E-state index < -0.39 is 19.0 Å². The second kappa shape index (κ2) is 7.85. The third-order valence-electron chi connectivity index (χ3n) is 3.42. The molecule has 0 saturated carbocycles. The Bertz CT molecular complexity index is 623. The van der Waals surface area contributed by atoms with Crippen molar-refractivity contribution in [2.24, 2.45) is 5.92 Å². The third kappa shape index (κ3) is 4.37. The van der Waals surface area contributed by atoms with Gasteiger partial charge in [-0.2, -0.15) is 0 Å². The van der Waals surface area contributed by atoms with Crippen molar-refractivity contribution in [1.29, 1.82) is 0 Å². The van der Waals surface area contributed by atoms with Gasteiger partial charge in [-0.25, -0.2) is 4.98 Å². The summed E-state index contributed by atoms with van der Waals surface area (Å²) in [6, 6.07) is 8.93. The van der Waals surface area contributed by atoms with Gasteiger partial charge in [-0.05, 0) is 24.5 Å². The van der Waals surface area contributed by atoms with Gasteiger partial charge in [0, 0.05) is 18.1 Å². The second-order valence-corrected chi connectivity index (χ2v) is 5.71. The van der Waals surface area contributed by atoms with Crippen molar-refractivity contribution in [3.8, 4) is 0 Å². The number of anilines is 1. The van der Waals surface area contributed by atoms with Crippen LogP contribution in [0.15, 0.2) is 48.9 Å². The van der Waals surface area contributed by atoms with Crippen LogP contribution in [0.3, 0.4) is 0 Å². The van der Waals surface area contributed by atoms with Crippen LogP contribution < -0.4 is 4.90 Å². The van der Waals surface area contributed by atoms with Crippen LogP contribution in [-0.2, 0) is 0 Å². The molecule has 1 aromatic carbocycles. The zero-order valence-corrected chi connectivity index (χ0v) is 13.2. The van der Waals surface area contributed by atoms with Crippen molar-refractivity contribution < 1.29 is 14.8 Å². The number of benzene rings is 1. The van der Waals surface area contributed by atoms with E-state index in [-0.39, 0.29) is 11.6 Å². The summed E-state index contributed by atoms with van der Waals surface area (Å²) in [7, 11) is -1.65. The molecular weight excluding hydrogens is 293 g/mol. The lowest BCUT2D eigenvalue weighted by atomic mass is 9.73. The fraction of sp³-hybridized carbons (Fsp3) is 0.312. The largest absolute Gasteiger partial charge is 0.476 e. The Kier molecular flexibility index (Phi) is 5.84. The van der Waals surface area contributed by atoms with Crippen molar-refractivity contribution in [2.45, 2.75) is 26.2 Å². The Morgan fingerprint density at radius 3 is 2.43 bits per heavy atom. The molecule has 1 atom stereocenters. The van der Waals surface area contributed by atoms with E-state index in [2.05, 4.69) is 9.97 Å². The monoisotopic (exact) mass is 313 g/mol. The highest BCUT2D eigenvalue weighted by Gasteiger charge is 2.35. The minimum Gasteiger partial charge on any atom is -0.426 e. The van der Waals surface area contributed by atoms with E-state index in [1.165, 1.54) is 23.5 Å². The predicted octanol–water partition coefficient (Wildman–Crippen LogP) is 1.55. The van der Waals surface area contributed by atoms with Gasteiger partial charge >= 0.3 is 7.12 Å². The summed E-state index contributed by atoms with van der Waals surface area (Å²) in [5.74, 6) is -1.00. The van der Waals surface area contributed by atoms with Crippen LogP contribution in [0.2, 0.25) is 0 Å². The number of nitrogens with zero attached hydrogens (tertiary/aromatic N) is 3. The molecule has 0 saturated heterocycles. The molecule has 7 heteroatoms. The predicted molar refractivity (Wildman–Crippen MR) is 88.7 cm³/mol. The average Bonchev–Trinajstić information content (AvgIpc) is 2.55. The molecule has 0 radical (unpaired) electrons. The van der Waals surface area contributed by atoms with Crippen LogP contribution in [-0.4, -0.2) is 39.0 Å². The van der Waals surface area contributed by atoms with Gasteiger partial charge in [0.2, 0.25) is 0 Å². The summed E-state index contributed by atoms with van der Waals surface area (Å²) in [6.07, 6.45) is 4.73. The Morgan fingerprint density at radius 1 is 1.22 bits per heavy atom. The maximum Gasteiger partial charge on any atom is 0.476 e. The summed E-state index contributed by atoms with van der Waals surface area (Å²) >= 11 is 0. The van der Waals surface area contributed by atoms with Crippen LogP contribution in [0.5, 0.6) is 0 Å². The Balaban J connectivity index is 2.45. The number of para-hydroxylation sites is 1. The number of carbonyl (C=O) groups is 1. The van der Waals surface area contributed by atoms with Crippen molar-refractivity contribution in [3.05, 3.63) is 54.6 Å². The lowest BCUT2D eigenvalue weighted by Gasteiger charge is -2.32. The van der Waals surface area contributed by atoms with E-state index in [4.69, 9.17) is 0 Å². The molecule has 1 amide bonds. The molecule has 2 N–H and O–H groups in total. The average molecular weight is 313 g/mol. The van der Waals surface area contributed by atoms with E-state index in [0.717, 1.165) is 0 Å². The zero-order chi connectivity index (χ0) is 16.8. The molecule has 0 aliphatic heterocycles. The third-order valence-corrected chi connectivity index (χ3v) is 3.42. The number of aromatic nitrogens is 2. The van der Waals surface area contributed by atoms with Gasteiger partial charge in [-0.1, -0.05) is 32.0 Å². The summed E-state index contributed by atoms with van der Waals surface area (Å²) in [5.41, 5.74) is 0.743. The van der Waals surface area contributed by atoms with Crippen LogP contribution in [0, 0.1) is 5.92 Å². The quantitative estimate of drug-likeness (QED) is 0.790. The van der Waals surface area contributed by atoms with E-state index >= 15 is 0 Å². The van der Waals surface area contributed by atoms with Crippen LogP contribution in [0.25, 0.3) is 0 Å². The molecule has 1 aromatic heterocycles. The molecule has 0 aliphatic rings. The highest BCUT2D eigenvalue weighted by molar-refractivity contribution is 6.45. The van der Waals surface area contributed by atoms with Crippen molar-refractivity contribution in [1.82, 2.24) is 9.97 Å². The van der Waals surface area contributed by atoms with Crippen LogP contribution in [0.4, 0.5) is 5.69 Å². The number of carbonyl (C=O) groups excluding carboxylic acids is 1. The summed E-state index contributed by atoms with van der Waals surface area (Å²) in [6.45, 7) is 3.93. The summed E-state index contributed by atoms with van der Waals surface area (Å²) in [4.78, 5) is 22.2. The summed E-state index contributed by atoms with van der Waals surface area (Å²) in [5, 5.41) is 19.6. The van der Waals surface area contributed by atoms with Gasteiger partial charge in [0.1, 0.15) is 5.69 Å². The Labute approximate surface area is 136 Å². The minimum atomic E-state index is -1.65. The lowest BCUT2D eigenvalue weighted by Crippen LogP contribution is -2.51. The Morgan fingerprint density at radius 2 is 1.91 bits per heavy atom. The smallest absolute Gasteiger partial charge is 0.426 e. The minimum absolute atomic E-state index is 0.158. The van der Waals surface area contributed by atoms with Crippen molar-refractivity contribution in [3.63, 3.8) is 0 Å². The number of amides is 1. The number of hydrogen-bond acceptors (Lipinski definition) is 5. The molecule has 0 aliphatic carbocycles. The van der Waals surface area contributed by atoms with Crippen LogP contribution in [0.1, 0.15) is 30.8 Å². The molecule has 120 valence electrons. The standard InChI is InChI=1S/C16H20BN3O3/c1-12(2)10-15(17(22)23)20(13-6-4-3-5-7-13)16(21)14-11-18-8-9-19-14/h3-9,11-12,15,22-23H,10H2,1-2H3/t15-/m0/s1. The van der Waals surface area contributed by atoms with Gasteiger partial charge in [-0.3, -0.25) is 9.78 Å². The molecule has 2 rings (SSSR count). The topological polar surface area (TPSA) is 86.5 Å². The van der Waals surface area contributed by atoms with Crippen molar-refractivity contribution >= 4 is 18.7 Å². The van der Waals surface area contributed by atoms with Gasteiger partial charge < -0.3 is 14.9 Å². The van der Waals surface area contributed by atoms with Gasteiger partial charge in [-0.15, -0.1) is 0 Å². The first-order valence-corrected chi connectivity index (χ1v) is 7.51.